The van der Waals surface area contributed by atoms with Crippen molar-refractivity contribution in [3.8, 4) is 5.75 Å². The minimum Gasteiger partial charge on any atom is -0.497 e. The average molecular weight is 360 g/mol. The molecule has 1 aromatic carbocycles. The first kappa shape index (κ1) is 17.9. The molecule has 26 heavy (non-hydrogen) atoms. The number of methoxy groups -OCH3 is 1. The number of hydrogen-bond donors (Lipinski definition) is 1. The van der Waals surface area contributed by atoms with E-state index in [2.05, 4.69) is 15.5 Å². The largest absolute Gasteiger partial charge is 0.497 e. The van der Waals surface area contributed by atoms with Gasteiger partial charge in [0.25, 0.3) is 0 Å². The number of morpholine rings is 1. The third-order valence-corrected chi connectivity index (χ3v) is 3.95. The maximum atomic E-state index is 12.1. The maximum absolute atomic E-state index is 12.1. The fraction of sp³-hybridized carbons (Fsp3) is 0.412. The lowest BCUT2D eigenvalue weighted by Crippen LogP contribution is -2.41. The zero-order valence-electron chi connectivity index (χ0n) is 14.4. The first-order chi connectivity index (χ1) is 12.7. The van der Waals surface area contributed by atoms with Crippen LogP contribution in [0, 0.1) is 0 Å². The fourth-order valence-electron chi connectivity index (χ4n) is 2.48. The molecule has 9 heteroatoms. The Balaban J connectivity index is 1.51. The standard InChI is InChI=1S/C17H20N4O5/c1-24-13-4-2-12(3-5-13)11-18-16(23)17-19-14(20-26-17)10-15(22)21-6-8-25-9-7-21/h2-5H,6-11H2,1H3,(H,18,23). The van der Waals surface area contributed by atoms with Crippen molar-refractivity contribution in [3.05, 3.63) is 41.5 Å². The number of aromatic nitrogens is 2. The Kier molecular flexibility index (Phi) is 5.80. The highest BCUT2D eigenvalue weighted by molar-refractivity contribution is 5.89. The van der Waals surface area contributed by atoms with Gasteiger partial charge in [0.15, 0.2) is 5.82 Å². The van der Waals surface area contributed by atoms with Crippen LogP contribution in [0.5, 0.6) is 5.75 Å². The third kappa shape index (κ3) is 4.57. The monoisotopic (exact) mass is 360 g/mol. The van der Waals surface area contributed by atoms with Crippen LogP contribution in [0.15, 0.2) is 28.8 Å². The summed E-state index contributed by atoms with van der Waals surface area (Å²) in [4.78, 5) is 29.9. The van der Waals surface area contributed by atoms with Crippen molar-refractivity contribution in [1.82, 2.24) is 20.4 Å². The molecule has 0 unspecified atom stereocenters. The lowest BCUT2D eigenvalue weighted by atomic mass is 10.2. The molecule has 9 nitrogen and oxygen atoms in total. The normalized spacial score (nSPS) is 14.1. The molecule has 0 aliphatic carbocycles. The number of nitrogens with one attached hydrogen (secondary N) is 1. The minimum atomic E-state index is -0.488. The van der Waals surface area contributed by atoms with Crippen molar-refractivity contribution in [1.29, 1.82) is 0 Å². The Labute approximate surface area is 150 Å². The van der Waals surface area contributed by atoms with E-state index in [0.29, 0.717) is 32.8 Å². The number of amides is 2. The molecule has 1 saturated heterocycles. The van der Waals surface area contributed by atoms with Crippen LogP contribution in [0.4, 0.5) is 0 Å². The molecule has 2 amide bonds. The van der Waals surface area contributed by atoms with Gasteiger partial charge in [0.2, 0.25) is 5.91 Å². The fourth-order valence-corrected chi connectivity index (χ4v) is 2.48. The number of ether oxygens (including phenoxy) is 2. The van der Waals surface area contributed by atoms with Crippen LogP contribution >= 0.6 is 0 Å². The first-order valence-corrected chi connectivity index (χ1v) is 8.25. The van der Waals surface area contributed by atoms with Crippen molar-refractivity contribution in [2.45, 2.75) is 13.0 Å². The Morgan fingerprint density at radius 1 is 1.23 bits per heavy atom. The molecule has 2 aromatic rings. The molecule has 1 fully saturated rings. The molecule has 1 aromatic heterocycles. The maximum Gasteiger partial charge on any atom is 0.315 e. The molecule has 1 N–H and O–H groups in total. The minimum absolute atomic E-state index is 0.00470. The van der Waals surface area contributed by atoms with E-state index in [1.54, 1.807) is 12.0 Å². The van der Waals surface area contributed by atoms with E-state index >= 15 is 0 Å². The molecule has 0 spiro atoms. The van der Waals surface area contributed by atoms with E-state index < -0.39 is 5.91 Å². The molecule has 2 heterocycles. The molecule has 0 atom stereocenters. The number of carbonyl (C=O) groups excluding carboxylic acids is 2. The van der Waals surface area contributed by atoms with Crippen LogP contribution in [0.3, 0.4) is 0 Å². The van der Waals surface area contributed by atoms with Crippen LogP contribution in [0.2, 0.25) is 0 Å². The molecule has 0 radical (unpaired) electrons. The number of rotatable bonds is 6. The van der Waals surface area contributed by atoms with Gasteiger partial charge in [-0.2, -0.15) is 4.98 Å². The molecule has 1 aliphatic rings. The van der Waals surface area contributed by atoms with Crippen LogP contribution < -0.4 is 10.1 Å². The molecule has 0 saturated carbocycles. The second kappa shape index (κ2) is 8.43. The van der Waals surface area contributed by atoms with Crippen LogP contribution in [-0.2, 0) is 22.5 Å². The molecule has 0 bridgehead atoms. The summed E-state index contributed by atoms with van der Waals surface area (Å²) in [5.74, 6) is 0.170. The SMILES string of the molecule is COc1ccc(CNC(=O)c2nc(CC(=O)N3CCOCC3)no2)cc1. The van der Waals surface area contributed by atoms with Crippen LogP contribution in [-0.4, -0.2) is 60.3 Å². The zero-order valence-corrected chi connectivity index (χ0v) is 14.4. The molecule has 1 aliphatic heterocycles. The summed E-state index contributed by atoms with van der Waals surface area (Å²) in [6.07, 6.45) is -0.00470. The predicted molar refractivity (Wildman–Crippen MR) is 89.6 cm³/mol. The summed E-state index contributed by atoms with van der Waals surface area (Å²) in [7, 11) is 1.59. The van der Waals surface area contributed by atoms with Crippen LogP contribution in [0.25, 0.3) is 0 Å². The predicted octanol–water partition coefficient (Wildman–Crippen LogP) is 0.409. The van der Waals surface area contributed by atoms with E-state index in [1.165, 1.54) is 0 Å². The van der Waals surface area contributed by atoms with Crippen molar-refractivity contribution in [3.63, 3.8) is 0 Å². The van der Waals surface area contributed by atoms with Crippen LogP contribution in [0.1, 0.15) is 22.1 Å². The summed E-state index contributed by atoms with van der Waals surface area (Å²) < 4.78 is 15.2. The van der Waals surface area contributed by atoms with E-state index in [4.69, 9.17) is 14.0 Å². The van der Waals surface area contributed by atoms with E-state index in [-0.39, 0.29) is 24.0 Å². The second-order valence-electron chi connectivity index (χ2n) is 5.72. The van der Waals surface area contributed by atoms with Crippen molar-refractivity contribution in [2.75, 3.05) is 33.4 Å². The Hall–Kier alpha value is -2.94. The number of benzene rings is 1. The van der Waals surface area contributed by atoms with Gasteiger partial charge in [-0.1, -0.05) is 17.3 Å². The summed E-state index contributed by atoms with van der Waals surface area (Å²) in [5.41, 5.74) is 0.904. The van der Waals surface area contributed by atoms with Gasteiger partial charge in [0.05, 0.1) is 26.7 Å². The van der Waals surface area contributed by atoms with Gasteiger partial charge in [0, 0.05) is 19.6 Å². The summed E-state index contributed by atoms with van der Waals surface area (Å²) in [6, 6.07) is 7.31. The van der Waals surface area contributed by atoms with Gasteiger partial charge in [-0.15, -0.1) is 0 Å². The van der Waals surface area contributed by atoms with Gasteiger partial charge in [0.1, 0.15) is 5.75 Å². The van der Waals surface area contributed by atoms with Gasteiger partial charge in [-0.05, 0) is 17.7 Å². The van der Waals surface area contributed by atoms with E-state index in [1.807, 2.05) is 24.3 Å². The zero-order chi connectivity index (χ0) is 18.4. The van der Waals surface area contributed by atoms with Crippen molar-refractivity contribution < 1.29 is 23.6 Å². The summed E-state index contributed by atoms with van der Waals surface area (Å²) in [6.45, 7) is 2.46. The average Bonchev–Trinajstić information content (AvgIpc) is 3.15. The quantitative estimate of drug-likeness (QED) is 0.795. The van der Waals surface area contributed by atoms with Crippen molar-refractivity contribution in [2.24, 2.45) is 0 Å². The lowest BCUT2D eigenvalue weighted by Gasteiger charge is -2.26. The van der Waals surface area contributed by atoms with E-state index in [0.717, 1.165) is 11.3 Å². The highest BCUT2D eigenvalue weighted by Crippen LogP contribution is 2.11. The van der Waals surface area contributed by atoms with Gasteiger partial charge < -0.3 is 24.2 Å². The number of nitrogens with zero attached hydrogens (tertiary/aromatic N) is 3. The smallest absolute Gasteiger partial charge is 0.315 e. The Morgan fingerprint density at radius 3 is 2.65 bits per heavy atom. The number of carbonyl (C=O) groups is 2. The van der Waals surface area contributed by atoms with Crippen molar-refractivity contribution >= 4 is 11.8 Å². The Morgan fingerprint density at radius 2 is 1.96 bits per heavy atom. The van der Waals surface area contributed by atoms with Gasteiger partial charge in [-0.3, -0.25) is 9.59 Å². The molecular formula is C17H20N4O5. The lowest BCUT2D eigenvalue weighted by molar-refractivity contribution is -0.134. The molecular weight excluding hydrogens is 340 g/mol. The highest BCUT2D eigenvalue weighted by atomic mass is 16.5. The van der Waals surface area contributed by atoms with Gasteiger partial charge >= 0.3 is 11.8 Å². The van der Waals surface area contributed by atoms with Gasteiger partial charge in [-0.25, -0.2) is 0 Å². The molecule has 3 rings (SSSR count). The first-order valence-electron chi connectivity index (χ1n) is 8.25. The highest BCUT2D eigenvalue weighted by Gasteiger charge is 2.21. The third-order valence-electron chi connectivity index (χ3n) is 3.95. The van der Waals surface area contributed by atoms with E-state index in [9.17, 15) is 9.59 Å². The Bertz CT molecular complexity index is 753. The summed E-state index contributed by atoms with van der Waals surface area (Å²) >= 11 is 0. The summed E-state index contributed by atoms with van der Waals surface area (Å²) in [5, 5.41) is 6.40. The topological polar surface area (TPSA) is 107 Å². The molecule has 138 valence electrons. The second-order valence-corrected chi connectivity index (χ2v) is 5.72. The number of hydrogen-bond acceptors (Lipinski definition) is 7.